The van der Waals surface area contributed by atoms with Crippen LogP contribution in [0.5, 0.6) is 0 Å². The van der Waals surface area contributed by atoms with Crippen molar-refractivity contribution >= 4 is 6.29 Å². The Bertz CT molecular complexity index is 264. The molecule has 0 bridgehead atoms. The van der Waals surface area contributed by atoms with Crippen LogP contribution in [0.15, 0.2) is 18.3 Å². The molecule has 11 heavy (non-hydrogen) atoms. The van der Waals surface area contributed by atoms with Crippen LogP contribution in [0.2, 0.25) is 0 Å². The Morgan fingerprint density at radius 2 is 2.45 bits per heavy atom. The zero-order chi connectivity index (χ0) is 8.27. The van der Waals surface area contributed by atoms with E-state index in [1.165, 1.54) is 12.3 Å². The largest absolute Gasteiger partial charge is 0.379 e. The standard InChI is InChI=1S/C7H6FNO2/c8-5-2-1-3-9-7(5)6(11)4-10/h1-4,6,11H. The molecule has 1 heterocycles. The fourth-order valence-electron chi connectivity index (χ4n) is 0.680. The number of carbonyl (C=O) groups excluding carboxylic acids is 1. The molecule has 0 spiro atoms. The summed E-state index contributed by atoms with van der Waals surface area (Å²) in [7, 11) is 0. The van der Waals surface area contributed by atoms with E-state index in [1.807, 2.05) is 0 Å². The van der Waals surface area contributed by atoms with Crippen molar-refractivity contribution in [1.82, 2.24) is 4.98 Å². The minimum atomic E-state index is -1.46. The highest BCUT2D eigenvalue weighted by Gasteiger charge is 2.11. The van der Waals surface area contributed by atoms with E-state index in [0.29, 0.717) is 0 Å². The number of nitrogens with zero attached hydrogens (tertiary/aromatic N) is 1. The number of aromatic nitrogens is 1. The number of aldehydes is 1. The second-order valence-electron chi connectivity index (χ2n) is 1.95. The van der Waals surface area contributed by atoms with E-state index in [2.05, 4.69) is 4.98 Å². The van der Waals surface area contributed by atoms with Crippen molar-refractivity contribution in [2.75, 3.05) is 0 Å². The Kier molecular flexibility index (Phi) is 2.28. The van der Waals surface area contributed by atoms with Crippen LogP contribution in [0.3, 0.4) is 0 Å². The van der Waals surface area contributed by atoms with Crippen LogP contribution in [0, 0.1) is 5.82 Å². The zero-order valence-corrected chi connectivity index (χ0v) is 5.57. The number of halogens is 1. The average Bonchev–Trinajstić information content (AvgIpc) is 2.04. The van der Waals surface area contributed by atoms with Crippen molar-refractivity contribution in [3.05, 3.63) is 29.8 Å². The first kappa shape index (κ1) is 7.81. The third-order valence-corrected chi connectivity index (χ3v) is 1.20. The number of hydrogen-bond acceptors (Lipinski definition) is 3. The van der Waals surface area contributed by atoms with Gasteiger partial charge >= 0.3 is 0 Å². The highest BCUT2D eigenvalue weighted by atomic mass is 19.1. The molecule has 0 radical (unpaired) electrons. The lowest BCUT2D eigenvalue weighted by Crippen LogP contribution is -2.03. The molecule has 0 fully saturated rings. The van der Waals surface area contributed by atoms with Gasteiger partial charge in [-0.15, -0.1) is 0 Å². The number of aliphatic hydroxyl groups excluding tert-OH is 1. The summed E-state index contributed by atoms with van der Waals surface area (Å²) in [6.45, 7) is 0. The van der Waals surface area contributed by atoms with E-state index in [-0.39, 0.29) is 12.0 Å². The molecule has 0 saturated heterocycles. The van der Waals surface area contributed by atoms with Crippen molar-refractivity contribution < 1.29 is 14.3 Å². The smallest absolute Gasteiger partial charge is 0.154 e. The monoisotopic (exact) mass is 155 g/mol. The summed E-state index contributed by atoms with van der Waals surface area (Å²) in [6.07, 6.45) is 0.0764. The average molecular weight is 155 g/mol. The molecule has 0 amide bonds. The van der Waals surface area contributed by atoms with Crippen LogP contribution in [-0.2, 0) is 4.79 Å². The predicted molar refractivity (Wildman–Crippen MR) is 35.2 cm³/mol. The second kappa shape index (κ2) is 3.21. The van der Waals surface area contributed by atoms with E-state index >= 15 is 0 Å². The molecule has 1 rings (SSSR count). The summed E-state index contributed by atoms with van der Waals surface area (Å²) in [5, 5.41) is 8.84. The molecule has 0 aromatic carbocycles. The predicted octanol–water partition coefficient (Wildman–Crippen LogP) is 0.453. The van der Waals surface area contributed by atoms with E-state index in [9.17, 15) is 9.18 Å². The Hall–Kier alpha value is -1.29. The van der Waals surface area contributed by atoms with Gasteiger partial charge in [0.15, 0.2) is 12.4 Å². The lowest BCUT2D eigenvalue weighted by atomic mass is 10.2. The molecular formula is C7H6FNO2. The van der Waals surface area contributed by atoms with Crippen LogP contribution < -0.4 is 0 Å². The number of carbonyl (C=O) groups is 1. The molecule has 0 aliphatic heterocycles. The lowest BCUT2D eigenvalue weighted by Gasteiger charge is -2.01. The van der Waals surface area contributed by atoms with Crippen LogP contribution in [0.4, 0.5) is 4.39 Å². The number of rotatable bonds is 2. The maximum atomic E-state index is 12.6. The summed E-state index contributed by atoms with van der Waals surface area (Å²) in [6, 6.07) is 2.52. The van der Waals surface area contributed by atoms with Crippen molar-refractivity contribution in [3.8, 4) is 0 Å². The van der Waals surface area contributed by atoms with Gasteiger partial charge in [-0.2, -0.15) is 0 Å². The topological polar surface area (TPSA) is 50.2 Å². The van der Waals surface area contributed by atoms with Crippen molar-refractivity contribution in [3.63, 3.8) is 0 Å². The van der Waals surface area contributed by atoms with Crippen molar-refractivity contribution in [2.24, 2.45) is 0 Å². The van der Waals surface area contributed by atoms with E-state index in [1.54, 1.807) is 0 Å². The van der Waals surface area contributed by atoms with Gasteiger partial charge in [-0.25, -0.2) is 4.39 Å². The van der Waals surface area contributed by atoms with Crippen molar-refractivity contribution in [2.45, 2.75) is 6.10 Å². The fraction of sp³-hybridized carbons (Fsp3) is 0.143. The molecular weight excluding hydrogens is 149 g/mol. The minimum absolute atomic E-state index is 0.228. The maximum Gasteiger partial charge on any atom is 0.154 e. The van der Waals surface area contributed by atoms with Crippen LogP contribution in [0.1, 0.15) is 11.8 Å². The molecule has 1 unspecified atom stereocenters. The molecule has 3 nitrogen and oxygen atoms in total. The van der Waals surface area contributed by atoms with Gasteiger partial charge in [-0.05, 0) is 12.1 Å². The molecule has 58 valence electrons. The van der Waals surface area contributed by atoms with Gasteiger partial charge in [-0.3, -0.25) is 4.98 Å². The lowest BCUT2D eigenvalue weighted by molar-refractivity contribution is -0.115. The van der Waals surface area contributed by atoms with Gasteiger partial charge < -0.3 is 9.90 Å². The van der Waals surface area contributed by atoms with Gasteiger partial charge in [0.05, 0.1) is 0 Å². The Morgan fingerprint density at radius 3 is 3.00 bits per heavy atom. The number of hydrogen-bond donors (Lipinski definition) is 1. The van der Waals surface area contributed by atoms with Gasteiger partial charge in [0.2, 0.25) is 0 Å². The Balaban J connectivity index is 3.02. The molecule has 1 atom stereocenters. The Morgan fingerprint density at radius 1 is 1.73 bits per heavy atom. The molecule has 1 aromatic rings. The van der Waals surface area contributed by atoms with Crippen molar-refractivity contribution in [1.29, 1.82) is 0 Å². The highest BCUT2D eigenvalue weighted by molar-refractivity contribution is 5.58. The summed E-state index contributed by atoms with van der Waals surface area (Å²) in [5.74, 6) is -0.674. The first-order valence-corrected chi connectivity index (χ1v) is 2.99. The zero-order valence-electron chi connectivity index (χ0n) is 5.57. The third-order valence-electron chi connectivity index (χ3n) is 1.20. The SMILES string of the molecule is O=CC(O)c1ncccc1F. The van der Waals surface area contributed by atoms with Gasteiger partial charge in [0, 0.05) is 6.20 Å². The third kappa shape index (κ3) is 1.59. The molecule has 0 aliphatic carbocycles. The van der Waals surface area contributed by atoms with E-state index in [0.717, 1.165) is 6.07 Å². The van der Waals surface area contributed by atoms with Gasteiger partial charge in [-0.1, -0.05) is 0 Å². The molecule has 1 N–H and O–H groups in total. The van der Waals surface area contributed by atoms with E-state index < -0.39 is 11.9 Å². The maximum absolute atomic E-state index is 12.6. The Labute approximate surface area is 62.5 Å². The summed E-state index contributed by atoms with van der Waals surface area (Å²) < 4.78 is 12.6. The normalized spacial score (nSPS) is 12.5. The van der Waals surface area contributed by atoms with Gasteiger partial charge in [0.1, 0.15) is 11.5 Å². The minimum Gasteiger partial charge on any atom is -0.379 e. The van der Waals surface area contributed by atoms with Crippen LogP contribution >= 0.6 is 0 Å². The quantitative estimate of drug-likeness (QED) is 0.631. The van der Waals surface area contributed by atoms with Crippen LogP contribution in [-0.4, -0.2) is 16.4 Å². The molecule has 1 aromatic heterocycles. The summed E-state index contributed by atoms with van der Waals surface area (Å²) in [4.78, 5) is 13.5. The fourth-order valence-corrected chi connectivity index (χ4v) is 0.680. The first-order valence-electron chi connectivity index (χ1n) is 2.99. The van der Waals surface area contributed by atoms with E-state index in [4.69, 9.17) is 5.11 Å². The summed E-state index contributed by atoms with van der Waals surface area (Å²) >= 11 is 0. The molecule has 4 heteroatoms. The highest BCUT2D eigenvalue weighted by Crippen LogP contribution is 2.10. The number of pyridine rings is 1. The van der Waals surface area contributed by atoms with Gasteiger partial charge in [0.25, 0.3) is 0 Å². The molecule has 0 aliphatic rings. The summed E-state index contributed by atoms with van der Waals surface area (Å²) in [5.41, 5.74) is -0.234. The second-order valence-corrected chi connectivity index (χ2v) is 1.95. The molecule has 0 saturated carbocycles. The number of aliphatic hydroxyl groups is 1. The van der Waals surface area contributed by atoms with Crippen LogP contribution in [0.25, 0.3) is 0 Å². The first-order chi connectivity index (χ1) is 5.25.